The standard InChI is InChI=1S/C18H27NO2/c1-12-6-5-7-15(9-12)19-18(20)11-16-14(3)8-13(2)10-17(16)21-4/h8,10,12,15H,5-7,9,11H2,1-4H3,(H,19,20). The minimum Gasteiger partial charge on any atom is -0.496 e. The van der Waals surface area contributed by atoms with Crippen LogP contribution in [0.15, 0.2) is 12.1 Å². The minimum atomic E-state index is 0.111. The molecule has 0 bridgehead atoms. The van der Waals surface area contributed by atoms with Crippen molar-refractivity contribution in [3.05, 3.63) is 28.8 Å². The first-order valence-corrected chi connectivity index (χ1v) is 7.93. The van der Waals surface area contributed by atoms with Crippen LogP contribution in [0.2, 0.25) is 0 Å². The molecule has 1 aliphatic rings. The second kappa shape index (κ2) is 6.97. The Labute approximate surface area is 128 Å². The molecule has 0 heterocycles. The summed E-state index contributed by atoms with van der Waals surface area (Å²) in [5, 5.41) is 3.20. The first kappa shape index (κ1) is 15.9. The van der Waals surface area contributed by atoms with Gasteiger partial charge in [0.05, 0.1) is 13.5 Å². The van der Waals surface area contributed by atoms with Gasteiger partial charge in [0, 0.05) is 11.6 Å². The molecule has 3 nitrogen and oxygen atoms in total. The predicted molar refractivity (Wildman–Crippen MR) is 85.7 cm³/mol. The summed E-state index contributed by atoms with van der Waals surface area (Å²) in [6.07, 6.45) is 5.13. The average Bonchev–Trinajstić information content (AvgIpc) is 2.41. The maximum Gasteiger partial charge on any atom is 0.224 e. The summed E-state index contributed by atoms with van der Waals surface area (Å²) in [7, 11) is 1.67. The Morgan fingerprint density at radius 3 is 2.76 bits per heavy atom. The lowest BCUT2D eigenvalue weighted by Crippen LogP contribution is -2.38. The molecule has 0 radical (unpaired) electrons. The van der Waals surface area contributed by atoms with Crippen LogP contribution in [0.4, 0.5) is 0 Å². The van der Waals surface area contributed by atoms with Gasteiger partial charge < -0.3 is 10.1 Å². The number of amides is 1. The first-order valence-electron chi connectivity index (χ1n) is 7.93. The first-order chi connectivity index (χ1) is 9.99. The van der Waals surface area contributed by atoms with Gasteiger partial charge in [0.1, 0.15) is 5.75 Å². The normalized spacial score (nSPS) is 21.9. The van der Waals surface area contributed by atoms with E-state index in [0.717, 1.165) is 41.2 Å². The van der Waals surface area contributed by atoms with Gasteiger partial charge in [-0.2, -0.15) is 0 Å². The fourth-order valence-electron chi connectivity index (χ4n) is 3.37. The Bertz CT molecular complexity index is 510. The SMILES string of the molecule is COc1cc(C)cc(C)c1CC(=O)NC1CCCC(C)C1. The molecule has 2 atom stereocenters. The van der Waals surface area contributed by atoms with Crippen molar-refractivity contribution in [1.29, 1.82) is 0 Å². The Balaban J connectivity index is 2.02. The van der Waals surface area contributed by atoms with E-state index in [2.05, 4.69) is 18.3 Å². The Kier molecular flexibility index (Phi) is 5.27. The van der Waals surface area contributed by atoms with Gasteiger partial charge in [-0.3, -0.25) is 4.79 Å². The van der Waals surface area contributed by atoms with Crippen molar-refractivity contribution in [2.24, 2.45) is 5.92 Å². The predicted octanol–water partition coefficient (Wildman–Crippen LogP) is 3.55. The third-order valence-corrected chi connectivity index (χ3v) is 4.44. The molecule has 1 N–H and O–H groups in total. The van der Waals surface area contributed by atoms with Gasteiger partial charge in [-0.05, 0) is 49.8 Å². The van der Waals surface area contributed by atoms with Crippen molar-refractivity contribution < 1.29 is 9.53 Å². The smallest absolute Gasteiger partial charge is 0.224 e. The van der Waals surface area contributed by atoms with Crippen molar-refractivity contribution >= 4 is 5.91 Å². The van der Waals surface area contributed by atoms with E-state index in [0.29, 0.717) is 12.5 Å². The van der Waals surface area contributed by atoms with Gasteiger partial charge in [0.25, 0.3) is 0 Å². The second-order valence-corrected chi connectivity index (χ2v) is 6.48. The van der Waals surface area contributed by atoms with E-state index >= 15 is 0 Å². The summed E-state index contributed by atoms with van der Waals surface area (Å²) in [6.45, 7) is 6.36. The molecule has 2 rings (SSSR count). The van der Waals surface area contributed by atoms with Crippen molar-refractivity contribution in [3.63, 3.8) is 0 Å². The summed E-state index contributed by atoms with van der Waals surface area (Å²) in [6, 6.07) is 4.45. The number of benzene rings is 1. The van der Waals surface area contributed by atoms with Crippen molar-refractivity contribution in [2.75, 3.05) is 7.11 Å². The number of hydrogen-bond donors (Lipinski definition) is 1. The van der Waals surface area contributed by atoms with E-state index in [4.69, 9.17) is 4.74 Å². The van der Waals surface area contributed by atoms with Crippen LogP contribution in [-0.4, -0.2) is 19.1 Å². The van der Waals surface area contributed by atoms with E-state index in [1.807, 2.05) is 19.9 Å². The Morgan fingerprint density at radius 1 is 1.33 bits per heavy atom. The van der Waals surface area contributed by atoms with Gasteiger partial charge in [-0.25, -0.2) is 0 Å². The molecule has 0 spiro atoms. The van der Waals surface area contributed by atoms with E-state index < -0.39 is 0 Å². The molecule has 1 aromatic carbocycles. The number of hydrogen-bond acceptors (Lipinski definition) is 2. The molecule has 1 saturated carbocycles. The van der Waals surface area contributed by atoms with Crippen molar-refractivity contribution in [3.8, 4) is 5.75 Å². The number of carbonyl (C=O) groups excluding carboxylic acids is 1. The Morgan fingerprint density at radius 2 is 2.10 bits per heavy atom. The molecular weight excluding hydrogens is 262 g/mol. The molecule has 0 saturated heterocycles. The highest BCUT2D eigenvalue weighted by atomic mass is 16.5. The van der Waals surface area contributed by atoms with Crippen LogP contribution in [0.3, 0.4) is 0 Å². The average molecular weight is 289 g/mol. The Hall–Kier alpha value is -1.51. The highest BCUT2D eigenvalue weighted by Crippen LogP contribution is 2.26. The molecule has 116 valence electrons. The van der Waals surface area contributed by atoms with E-state index in [9.17, 15) is 4.79 Å². The number of nitrogens with one attached hydrogen (secondary N) is 1. The largest absolute Gasteiger partial charge is 0.496 e. The van der Waals surface area contributed by atoms with Gasteiger partial charge in [-0.1, -0.05) is 25.8 Å². The number of carbonyl (C=O) groups is 1. The summed E-state index contributed by atoms with van der Waals surface area (Å²) in [4.78, 5) is 12.3. The molecule has 1 aromatic rings. The topological polar surface area (TPSA) is 38.3 Å². The van der Waals surface area contributed by atoms with Gasteiger partial charge in [0.2, 0.25) is 5.91 Å². The maximum absolute atomic E-state index is 12.3. The van der Waals surface area contributed by atoms with E-state index in [-0.39, 0.29) is 5.91 Å². The lowest BCUT2D eigenvalue weighted by Gasteiger charge is -2.27. The van der Waals surface area contributed by atoms with Gasteiger partial charge in [0.15, 0.2) is 0 Å². The van der Waals surface area contributed by atoms with E-state index in [1.54, 1.807) is 7.11 Å². The van der Waals surface area contributed by atoms with Crippen LogP contribution in [0.25, 0.3) is 0 Å². The zero-order valence-corrected chi connectivity index (χ0v) is 13.7. The second-order valence-electron chi connectivity index (χ2n) is 6.48. The lowest BCUT2D eigenvalue weighted by molar-refractivity contribution is -0.121. The van der Waals surface area contributed by atoms with Crippen LogP contribution in [0, 0.1) is 19.8 Å². The summed E-state index contributed by atoms with van der Waals surface area (Å²) < 4.78 is 5.43. The minimum absolute atomic E-state index is 0.111. The number of methoxy groups -OCH3 is 1. The molecule has 1 aliphatic carbocycles. The zero-order chi connectivity index (χ0) is 15.4. The van der Waals surface area contributed by atoms with Gasteiger partial charge >= 0.3 is 0 Å². The number of aryl methyl sites for hydroxylation is 2. The van der Waals surface area contributed by atoms with Crippen LogP contribution >= 0.6 is 0 Å². The van der Waals surface area contributed by atoms with Crippen molar-refractivity contribution in [2.45, 2.75) is 58.9 Å². The van der Waals surface area contributed by atoms with E-state index in [1.165, 1.54) is 12.8 Å². The summed E-state index contributed by atoms with van der Waals surface area (Å²) >= 11 is 0. The summed E-state index contributed by atoms with van der Waals surface area (Å²) in [5.41, 5.74) is 3.29. The fraction of sp³-hybridized carbons (Fsp3) is 0.611. The third kappa shape index (κ3) is 4.23. The molecule has 2 unspecified atom stereocenters. The summed E-state index contributed by atoms with van der Waals surface area (Å²) in [5.74, 6) is 1.65. The van der Waals surface area contributed by atoms with Crippen LogP contribution in [0.5, 0.6) is 5.75 Å². The molecule has 1 fully saturated rings. The highest BCUT2D eigenvalue weighted by molar-refractivity contribution is 5.80. The van der Waals surface area contributed by atoms with Crippen LogP contribution in [-0.2, 0) is 11.2 Å². The lowest BCUT2D eigenvalue weighted by atomic mass is 9.87. The monoisotopic (exact) mass is 289 g/mol. The quantitative estimate of drug-likeness (QED) is 0.920. The number of ether oxygens (including phenoxy) is 1. The van der Waals surface area contributed by atoms with Crippen LogP contribution in [0.1, 0.15) is 49.3 Å². The molecule has 0 aliphatic heterocycles. The molecule has 21 heavy (non-hydrogen) atoms. The number of rotatable bonds is 4. The van der Waals surface area contributed by atoms with Crippen LogP contribution < -0.4 is 10.1 Å². The molecule has 3 heteroatoms. The highest BCUT2D eigenvalue weighted by Gasteiger charge is 2.21. The maximum atomic E-state index is 12.3. The molecule has 0 aromatic heterocycles. The molecule has 1 amide bonds. The zero-order valence-electron chi connectivity index (χ0n) is 13.7. The third-order valence-electron chi connectivity index (χ3n) is 4.44. The van der Waals surface area contributed by atoms with Crippen molar-refractivity contribution in [1.82, 2.24) is 5.32 Å². The van der Waals surface area contributed by atoms with Gasteiger partial charge in [-0.15, -0.1) is 0 Å². The molecular formula is C18H27NO2. The fourth-order valence-corrected chi connectivity index (χ4v) is 3.37.